The molecular weight excluding hydrogens is 256 g/mol. The van der Waals surface area contributed by atoms with Crippen molar-refractivity contribution in [1.29, 1.82) is 0 Å². The van der Waals surface area contributed by atoms with Crippen LogP contribution in [-0.4, -0.2) is 11.1 Å². The van der Waals surface area contributed by atoms with Crippen LogP contribution in [0.3, 0.4) is 0 Å². The van der Waals surface area contributed by atoms with E-state index in [0.717, 1.165) is 11.1 Å². The molecule has 1 aromatic rings. The van der Waals surface area contributed by atoms with E-state index in [4.69, 9.17) is 5.11 Å². The fraction of sp³-hybridized carbons (Fsp3) is 0.188. The number of thiophene rings is 1. The Labute approximate surface area is 118 Å². The monoisotopic (exact) mass is 274 g/mol. The summed E-state index contributed by atoms with van der Waals surface area (Å²) in [5.74, 6) is -0.920. The maximum Gasteiger partial charge on any atom is 0.328 e. The van der Waals surface area contributed by atoms with Crippen molar-refractivity contribution in [2.75, 3.05) is 0 Å². The molecule has 0 aliphatic rings. The first-order chi connectivity index (χ1) is 8.99. The summed E-state index contributed by atoms with van der Waals surface area (Å²) in [6.45, 7) is 5.87. The van der Waals surface area contributed by atoms with Crippen LogP contribution in [0.25, 0.3) is 6.08 Å². The Balaban J connectivity index is 2.63. The van der Waals surface area contributed by atoms with Crippen LogP contribution in [0.4, 0.5) is 0 Å². The second-order valence-electron chi connectivity index (χ2n) is 4.30. The average Bonchev–Trinajstić information content (AvgIpc) is 2.71. The molecule has 0 spiro atoms. The predicted molar refractivity (Wildman–Crippen MR) is 82.4 cm³/mol. The minimum atomic E-state index is -0.920. The van der Waals surface area contributed by atoms with Gasteiger partial charge in [-0.2, -0.15) is 0 Å². The van der Waals surface area contributed by atoms with E-state index in [0.29, 0.717) is 0 Å². The third-order valence-electron chi connectivity index (χ3n) is 2.47. The van der Waals surface area contributed by atoms with Gasteiger partial charge in [-0.1, -0.05) is 29.9 Å². The highest BCUT2D eigenvalue weighted by atomic mass is 32.1. The van der Waals surface area contributed by atoms with Gasteiger partial charge in [-0.15, -0.1) is 11.3 Å². The number of rotatable bonds is 5. The van der Waals surface area contributed by atoms with Crippen LogP contribution in [0, 0.1) is 6.92 Å². The second-order valence-corrected chi connectivity index (χ2v) is 5.25. The molecule has 100 valence electrons. The zero-order chi connectivity index (χ0) is 14.3. The van der Waals surface area contributed by atoms with Crippen molar-refractivity contribution >= 4 is 23.4 Å². The van der Waals surface area contributed by atoms with Gasteiger partial charge in [0.1, 0.15) is 0 Å². The van der Waals surface area contributed by atoms with Crippen LogP contribution in [0.2, 0.25) is 0 Å². The quantitative estimate of drug-likeness (QED) is 0.629. The number of carbonyl (C=O) groups is 1. The number of carboxylic acids is 1. The minimum absolute atomic E-state index is 0.717. The van der Waals surface area contributed by atoms with Crippen LogP contribution >= 0.6 is 11.3 Å². The molecule has 0 radical (unpaired) electrons. The topological polar surface area (TPSA) is 37.3 Å². The van der Waals surface area contributed by atoms with Crippen molar-refractivity contribution in [2.24, 2.45) is 0 Å². The van der Waals surface area contributed by atoms with Gasteiger partial charge >= 0.3 is 5.97 Å². The Bertz CT molecular complexity index is 557. The highest BCUT2D eigenvalue weighted by Crippen LogP contribution is 2.17. The van der Waals surface area contributed by atoms with Gasteiger partial charge in [-0.05, 0) is 49.4 Å². The number of carboxylic acid groups (broad SMARTS) is 1. The number of aliphatic carboxylic acids is 1. The molecule has 0 amide bonds. The lowest BCUT2D eigenvalue weighted by Crippen LogP contribution is -1.87. The molecule has 0 fully saturated rings. The van der Waals surface area contributed by atoms with Gasteiger partial charge in [-0.3, -0.25) is 0 Å². The predicted octanol–water partition coefficient (Wildman–Crippen LogP) is 4.60. The SMILES string of the molecule is CC(/C=C/c1sccc1C)=C\C=C\C(C)=C\C(=O)O. The van der Waals surface area contributed by atoms with E-state index in [1.165, 1.54) is 16.5 Å². The third kappa shape index (κ3) is 6.02. The highest BCUT2D eigenvalue weighted by Gasteiger charge is 1.93. The van der Waals surface area contributed by atoms with Crippen molar-refractivity contribution in [2.45, 2.75) is 20.8 Å². The van der Waals surface area contributed by atoms with Crippen molar-refractivity contribution < 1.29 is 9.90 Å². The standard InChI is InChI=1S/C16H18O2S/c1-12(5-4-6-13(2)11-16(17)18)7-8-15-14(3)9-10-19-15/h4-11H,1-3H3,(H,17,18)/b6-4+,8-7+,12-5+,13-11+. The van der Waals surface area contributed by atoms with Gasteiger partial charge in [0.2, 0.25) is 0 Å². The van der Waals surface area contributed by atoms with Gasteiger partial charge in [0, 0.05) is 11.0 Å². The molecule has 19 heavy (non-hydrogen) atoms. The second kappa shape index (κ2) is 7.54. The molecule has 1 N–H and O–H groups in total. The lowest BCUT2D eigenvalue weighted by atomic mass is 10.2. The van der Waals surface area contributed by atoms with Gasteiger partial charge in [0.25, 0.3) is 0 Å². The largest absolute Gasteiger partial charge is 0.478 e. The summed E-state index contributed by atoms with van der Waals surface area (Å²) < 4.78 is 0. The summed E-state index contributed by atoms with van der Waals surface area (Å²) in [6.07, 6.45) is 10.9. The molecule has 0 saturated carbocycles. The number of aryl methyl sites for hydroxylation is 1. The minimum Gasteiger partial charge on any atom is -0.478 e. The molecule has 1 heterocycles. The van der Waals surface area contributed by atoms with Gasteiger partial charge in [0.05, 0.1) is 0 Å². The van der Waals surface area contributed by atoms with Crippen LogP contribution < -0.4 is 0 Å². The maximum atomic E-state index is 10.4. The van der Waals surface area contributed by atoms with E-state index in [9.17, 15) is 4.79 Å². The molecule has 0 saturated heterocycles. The van der Waals surface area contributed by atoms with E-state index in [1.807, 2.05) is 19.1 Å². The lowest BCUT2D eigenvalue weighted by Gasteiger charge is -1.91. The maximum absolute atomic E-state index is 10.4. The zero-order valence-electron chi connectivity index (χ0n) is 11.4. The molecule has 3 heteroatoms. The first kappa shape index (κ1) is 15.2. The summed E-state index contributed by atoms with van der Waals surface area (Å²) in [5.41, 5.74) is 3.12. The molecule has 1 aromatic heterocycles. The molecule has 0 atom stereocenters. The van der Waals surface area contributed by atoms with E-state index in [-0.39, 0.29) is 0 Å². The molecular formula is C16H18O2S. The first-order valence-electron chi connectivity index (χ1n) is 5.97. The molecule has 0 aliphatic carbocycles. The third-order valence-corrected chi connectivity index (χ3v) is 3.45. The molecule has 2 nitrogen and oxygen atoms in total. The van der Waals surface area contributed by atoms with Crippen LogP contribution in [0.1, 0.15) is 24.3 Å². The highest BCUT2D eigenvalue weighted by molar-refractivity contribution is 7.11. The van der Waals surface area contributed by atoms with Crippen LogP contribution in [0.15, 0.2) is 53.0 Å². The smallest absolute Gasteiger partial charge is 0.328 e. The summed E-state index contributed by atoms with van der Waals surface area (Å²) in [4.78, 5) is 11.7. The number of hydrogen-bond acceptors (Lipinski definition) is 2. The summed E-state index contributed by atoms with van der Waals surface area (Å²) >= 11 is 1.72. The first-order valence-corrected chi connectivity index (χ1v) is 6.85. The summed E-state index contributed by atoms with van der Waals surface area (Å²) in [7, 11) is 0. The van der Waals surface area contributed by atoms with Gasteiger partial charge in [0.15, 0.2) is 0 Å². The van der Waals surface area contributed by atoms with Crippen LogP contribution in [0.5, 0.6) is 0 Å². The zero-order valence-corrected chi connectivity index (χ0v) is 12.2. The summed E-state index contributed by atoms with van der Waals surface area (Å²) in [5, 5.41) is 10.6. The van der Waals surface area contributed by atoms with E-state index in [2.05, 4.69) is 30.5 Å². The van der Waals surface area contributed by atoms with E-state index < -0.39 is 5.97 Å². The number of allylic oxidation sites excluding steroid dienone is 6. The Hall–Kier alpha value is -1.87. The van der Waals surface area contributed by atoms with Crippen molar-refractivity contribution in [3.63, 3.8) is 0 Å². The van der Waals surface area contributed by atoms with Crippen molar-refractivity contribution in [1.82, 2.24) is 0 Å². The molecule has 1 rings (SSSR count). The Kier molecular flexibility index (Phi) is 6.03. The van der Waals surface area contributed by atoms with E-state index in [1.54, 1.807) is 24.3 Å². The Morgan fingerprint density at radius 1 is 1.26 bits per heavy atom. The number of hydrogen-bond donors (Lipinski definition) is 1. The summed E-state index contributed by atoms with van der Waals surface area (Å²) in [6, 6.07) is 2.10. The Morgan fingerprint density at radius 2 is 2.00 bits per heavy atom. The van der Waals surface area contributed by atoms with Crippen molar-refractivity contribution in [3.05, 3.63) is 63.4 Å². The molecule has 0 unspecified atom stereocenters. The fourth-order valence-corrected chi connectivity index (χ4v) is 2.23. The molecule has 0 aromatic carbocycles. The lowest BCUT2D eigenvalue weighted by molar-refractivity contribution is -0.131. The molecule has 0 aliphatic heterocycles. The Morgan fingerprint density at radius 3 is 2.58 bits per heavy atom. The average molecular weight is 274 g/mol. The van der Waals surface area contributed by atoms with Gasteiger partial charge in [-0.25, -0.2) is 4.79 Å². The van der Waals surface area contributed by atoms with Gasteiger partial charge < -0.3 is 5.11 Å². The van der Waals surface area contributed by atoms with Crippen molar-refractivity contribution in [3.8, 4) is 0 Å². The van der Waals surface area contributed by atoms with E-state index >= 15 is 0 Å². The molecule has 0 bridgehead atoms. The normalized spacial score (nSPS) is 13.6. The fourth-order valence-electron chi connectivity index (χ4n) is 1.41. The van der Waals surface area contributed by atoms with Crippen LogP contribution in [-0.2, 0) is 4.79 Å².